The summed E-state index contributed by atoms with van der Waals surface area (Å²) in [4.78, 5) is 23.3. The number of hydrogen-bond acceptors (Lipinski definition) is 4. The van der Waals surface area contributed by atoms with Gasteiger partial charge in [-0.3, -0.25) is 9.59 Å². The Morgan fingerprint density at radius 1 is 1.45 bits per heavy atom. The minimum absolute atomic E-state index is 0.0883. The van der Waals surface area contributed by atoms with Crippen LogP contribution in [0.4, 0.5) is 5.69 Å². The third kappa shape index (κ3) is 2.55. The van der Waals surface area contributed by atoms with Gasteiger partial charge in [-0.2, -0.15) is 0 Å². The molecular weight excluding hydrogens is 282 g/mol. The molecule has 20 heavy (non-hydrogen) atoms. The highest BCUT2D eigenvalue weighted by atomic mass is 35.5. The second-order valence-electron chi connectivity index (χ2n) is 4.27. The standard InChI is InChI=1S/C13H14ClN3O3/c1-16-12(18)6-20-11-4-7-3-9(15)8(14)5-10(7)17(2)13(11)19/h3-5H,6,15H2,1-2H3,(H,16,18). The monoisotopic (exact) mass is 295 g/mol. The largest absolute Gasteiger partial charge is 0.478 e. The Balaban J connectivity index is 2.52. The first kappa shape index (κ1) is 14.2. The van der Waals surface area contributed by atoms with Crippen molar-refractivity contribution in [2.24, 2.45) is 7.05 Å². The number of benzene rings is 1. The second-order valence-corrected chi connectivity index (χ2v) is 4.67. The highest BCUT2D eigenvalue weighted by molar-refractivity contribution is 6.33. The summed E-state index contributed by atoms with van der Waals surface area (Å²) in [5.41, 5.74) is 6.45. The maximum absolute atomic E-state index is 12.1. The van der Waals surface area contributed by atoms with Crippen LogP contribution in [0.25, 0.3) is 10.9 Å². The number of hydrogen-bond donors (Lipinski definition) is 2. The molecule has 0 atom stereocenters. The van der Waals surface area contributed by atoms with Crippen molar-refractivity contribution in [1.82, 2.24) is 9.88 Å². The van der Waals surface area contributed by atoms with Gasteiger partial charge < -0.3 is 20.4 Å². The molecule has 0 saturated heterocycles. The predicted molar refractivity (Wildman–Crippen MR) is 78.2 cm³/mol. The van der Waals surface area contributed by atoms with Crippen LogP contribution in [0.15, 0.2) is 23.0 Å². The van der Waals surface area contributed by atoms with E-state index < -0.39 is 0 Å². The Morgan fingerprint density at radius 3 is 2.80 bits per heavy atom. The van der Waals surface area contributed by atoms with E-state index in [9.17, 15) is 9.59 Å². The number of aryl methyl sites for hydroxylation is 1. The molecule has 6 nitrogen and oxygen atoms in total. The smallest absolute Gasteiger partial charge is 0.293 e. The number of likely N-dealkylation sites (N-methyl/N-ethyl adjacent to an activating group) is 1. The molecule has 0 saturated carbocycles. The number of nitrogen functional groups attached to an aromatic ring is 1. The molecule has 2 aromatic rings. The van der Waals surface area contributed by atoms with Crippen LogP contribution in [0.3, 0.4) is 0 Å². The van der Waals surface area contributed by atoms with E-state index in [1.807, 2.05) is 0 Å². The van der Waals surface area contributed by atoms with Crippen LogP contribution in [0.5, 0.6) is 5.75 Å². The molecule has 1 heterocycles. The number of halogens is 1. The Hall–Kier alpha value is -2.21. The normalized spacial score (nSPS) is 10.6. The lowest BCUT2D eigenvalue weighted by atomic mass is 10.2. The molecule has 1 aromatic carbocycles. The first-order valence-corrected chi connectivity index (χ1v) is 6.24. The van der Waals surface area contributed by atoms with Gasteiger partial charge in [-0.05, 0) is 18.2 Å². The average molecular weight is 296 g/mol. The van der Waals surface area contributed by atoms with Crippen LogP contribution in [0.2, 0.25) is 5.02 Å². The highest BCUT2D eigenvalue weighted by Gasteiger charge is 2.11. The number of anilines is 1. The van der Waals surface area contributed by atoms with Crippen molar-refractivity contribution in [2.45, 2.75) is 0 Å². The molecule has 0 aliphatic heterocycles. The average Bonchev–Trinajstić information content (AvgIpc) is 2.43. The summed E-state index contributed by atoms with van der Waals surface area (Å²) >= 11 is 5.95. The van der Waals surface area contributed by atoms with E-state index in [-0.39, 0.29) is 23.8 Å². The molecule has 0 radical (unpaired) electrons. The minimum Gasteiger partial charge on any atom is -0.478 e. The van der Waals surface area contributed by atoms with Crippen molar-refractivity contribution in [3.8, 4) is 5.75 Å². The van der Waals surface area contributed by atoms with Crippen LogP contribution in [-0.2, 0) is 11.8 Å². The van der Waals surface area contributed by atoms with Crippen molar-refractivity contribution in [1.29, 1.82) is 0 Å². The van der Waals surface area contributed by atoms with Gasteiger partial charge in [0.05, 0.1) is 16.2 Å². The van der Waals surface area contributed by atoms with Crippen molar-refractivity contribution >= 4 is 34.1 Å². The summed E-state index contributed by atoms with van der Waals surface area (Å²) in [7, 11) is 3.09. The van der Waals surface area contributed by atoms with Gasteiger partial charge >= 0.3 is 0 Å². The van der Waals surface area contributed by atoms with Crippen LogP contribution < -0.4 is 21.3 Å². The molecular formula is C13H14ClN3O3. The summed E-state index contributed by atoms with van der Waals surface area (Å²) in [6.07, 6.45) is 0. The number of pyridine rings is 1. The van der Waals surface area contributed by atoms with E-state index in [0.29, 0.717) is 21.6 Å². The number of carbonyl (C=O) groups is 1. The highest BCUT2D eigenvalue weighted by Crippen LogP contribution is 2.26. The number of fused-ring (bicyclic) bond motifs is 1. The molecule has 0 aliphatic rings. The number of ether oxygens (including phenoxy) is 1. The van der Waals surface area contributed by atoms with Crippen molar-refractivity contribution in [3.05, 3.63) is 33.6 Å². The van der Waals surface area contributed by atoms with Crippen molar-refractivity contribution < 1.29 is 9.53 Å². The zero-order valence-electron chi connectivity index (χ0n) is 11.1. The zero-order chi connectivity index (χ0) is 14.9. The van der Waals surface area contributed by atoms with E-state index in [0.717, 1.165) is 0 Å². The summed E-state index contributed by atoms with van der Waals surface area (Å²) in [6.45, 7) is -0.222. The van der Waals surface area contributed by atoms with Crippen molar-refractivity contribution in [3.63, 3.8) is 0 Å². The maximum Gasteiger partial charge on any atom is 0.293 e. The number of carbonyl (C=O) groups excluding carboxylic acids is 1. The lowest BCUT2D eigenvalue weighted by Gasteiger charge is -2.11. The quantitative estimate of drug-likeness (QED) is 0.824. The van der Waals surface area contributed by atoms with E-state index in [1.165, 1.54) is 11.6 Å². The molecule has 7 heteroatoms. The van der Waals surface area contributed by atoms with Crippen LogP contribution in [-0.4, -0.2) is 24.1 Å². The Kier molecular flexibility index (Phi) is 3.85. The molecule has 1 amide bonds. The first-order valence-electron chi connectivity index (χ1n) is 5.86. The molecule has 0 spiro atoms. The van der Waals surface area contributed by atoms with E-state index in [4.69, 9.17) is 22.1 Å². The zero-order valence-corrected chi connectivity index (χ0v) is 11.8. The van der Waals surface area contributed by atoms with Gasteiger partial charge in [0.1, 0.15) is 0 Å². The second kappa shape index (κ2) is 5.42. The Bertz CT molecular complexity index is 740. The van der Waals surface area contributed by atoms with Gasteiger partial charge in [-0.1, -0.05) is 11.6 Å². The van der Waals surface area contributed by atoms with Gasteiger partial charge in [0.25, 0.3) is 11.5 Å². The van der Waals surface area contributed by atoms with Crippen molar-refractivity contribution in [2.75, 3.05) is 19.4 Å². The Morgan fingerprint density at radius 2 is 2.15 bits per heavy atom. The predicted octanol–water partition coefficient (Wildman–Crippen LogP) is 0.899. The van der Waals surface area contributed by atoms with Gasteiger partial charge in [0.2, 0.25) is 0 Å². The maximum atomic E-state index is 12.1. The Labute approximate surface area is 120 Å². The summed E-state index contributed by atoms with van der Waals surface area (Å²) in [5, 5.41) is 3.50. The number of rotatable bonds is 3. The lowest BCUT2D eigenvalue weighted by Crippen LogP contribution is -2.27. The molecule has 0 bridgehead atoms. The van der Waals surface area contributed by atoms with E-state index >= 15 is 0 Å². The molecule has 2 rings (SSSR count). The molecule has 0 unspecified atom stereocenters. The van der Waals surface area contributed by atoms with E-state index in [1.54, 1.807) is 25.2 Å². The molecule has 106 valence electrons. The fourth-order valence-corrected chi connectivity index (χ4v) is 1.96. The molecule has 1 aromatic heterocycles. The van der Waals surface area contributed by atoms with Crippen LogP contribution in [0.1, 0.15) is 0 Å². The number of nitrogens with two attached hydrogens (primary N) is 1. The third-order valence-corrected chi connectivity index (χ3v) is 3.27. The topological polar surface area (TPSA) is 86.3 Å². The van der Waals surface area contributed by atoms with E-state index in [2.05, 4.69) is 5.32 Å². The summed E-state index contributed by atoms with van der Waals surface area (Å²) < 4.78 is 6.63. The fraction of sp³-hybridized carbons (Fsp3) is 0.231. The number of aromatic nitrogens is 1. The lowest BCUT2D eigenvalue weighted by molar-refractivity contribution is -0.122. The number of amides is 1. The fourth-order valence-electron chi connectivity index (χ4n) is 1.80. The number of nitrogens with one attached hydrogen (secondary N) is 1. The SMILES string of the molecule is CNC(=O)COc1cc2cc(N)c(Cl)cc2n(C)c1=O. The van der Waals surface area contributed by atoms with Gasteiger partial charge in [0, 0.05) is 19.5 Å². The van der Waals surface area contributed by atoms with Gasteiger partial charge in [-0.15, -0.1) is 0 Å². The van der Waals surface area contributed by atoms with Gasteiger partial charge in [-0.25, -0.2) is 0 Å². The minimum atomic E-state index is -0.345. The van der Waals surface area contributed by atoms with Gasteiger partial charge in [0.15, 0.2) is 12.4 Å². The van der Waals surface area contributed by atoms with Crippen LogP contribution >= 0.6 is 11.6 Å². The summed E-state index contributed by atoms with van der Waals surface area (Å²) in [5.74, 6) is -0.229. The molecule has 3 N–H and O–H groups in total. The first-order chi connectivity index (χ1) is 9.43. The molecule has 0 aliphatic carbocycles. The molecule has 0 fully saturated rings. The summed E-state index contributed by atoms with van der Waals surface area (Å²) in [6, 6.07) is 4.83. The third-order valence-electron chi connectivity index (χ3n) is 2.95. The number of nitrogens with zero attached hydrogens (tertiary/aromatic N) is 1. The van der Waals surface area contributed by atoms with Crippen LogP contribution in [0, 0.1) is 0 Å².